The molecule has 1 aromatic rings. The van der Waals surface area contributed by atoms with E-state index in [1.807, 2.05) is 5.43 Å². The monoisotopic (exact) mass is 225 g/mol. The molecule has 6 heteroatoms. The van der Waals surface area contributed by atoms with Crippen molar-refractivity contribution < 1.29 is 9.53 Å². The average Bonchev–Trinajstić information content (AvgIpc) is 2.28. The number of hydrogen-bond acceptors (Lipinski definition) is 4. The maximum absolute atomic E-state index is 11.5. The van der Waals surface area contributed by atoms with Gasteiger partial charge in [-0.15, -0.1) is 0 Å². The van der Waals surface area contributed by atoms with Crippen LogP contribution in [0.2, 0.25) is 0 Å². The highest BCUT2D eigenvalue weighted by molar-refractivity contribution is 7.79. The molecule has 0 unspecified atom stereocenters. The standard InChI is InChI=1S/C9H11N3O2S/c1-14-7-4-2-3-6(11-5-15)8(7)9(13)12-10/h2-5H,10H2,1H3,(H,11,15)(H,12,13). The minimum atomic E-state index is -0.438. The summed E-state index contributed by atoms with van der Waals surface area (Å²) in [6.45, 7) is 0. The van der Waals surface area contributed by atoms with Gasteiger partial charge >= 0.3 is 0 Å². The van der Waals surface area contributed by atoms with Gasteiger partial charge in [-0.25, -0.2) is 5.84 Å². The van der Waals surface area contributed by atoms with Gasteiger partial charge in [0.2, 0.25) is 0 Å². The van der Waals surface area contributed by atoms with Crippen LogP contribution in [0.15, 0.2) is 18.2 Å². The highest BCUT2D eigenvalue weighted by atomic mass is 32.1. The molecule has 0 radical (unpaired) electrons. The average molecular weight is 225 g/mol. The van der Waals surface area contributed by atoms with Crippen LogP contribution in [0.3, 0.4) is 0 Å². The van der Waals surface area contributed by atoms with E-state index in [1.54, 1.807) is 18.2 Å². The minimum Gasteiger partial charge on any atom is -0.496 e. The highest BCUT2D eigenvalue weighted by Crippen LogP contribution is 2.25. The Kier molecular flexibility index (Phi) is 4.02. The van der Waals surface area contributed by atoms with Crippen LogP contribution in [0, 0.1) is 0 Å². The van der Waals surface area contributed by atoms with Gasteiger partial charge in [-0.2, -0.15) is 0 Å². The Bertz CT molecular complexity index is 382. The van der Waals surface area contributed by atoms with Gasteiger partial charge in [0, 0.05) is 0 Å². The van der Waals surface area contributed by atoms with Crippen molar-refractivity contribution in [3.8, 4) is 5.75 Å². The van der Waals surface area contributed by atoms with E-state index < -0.39 is 5.91 Å². The first-order valence-electron chi connectivity index (χ1n) is 4.12. The number of nitrogens with two attached hydrogens (primary N) is 1. The number of rotatable bonds is 4. The molecular formula is C9H11N3O2S. The van der Waals surface area contributed by atoms with Crippen molar-refractivity contribution in [2.24, 2.45) is 5.84 Å². The van der Waals surface area contributed by atoms with Gasteiger partial charge in [-0.1, -0.05) is 18.3 Å². The van der Waals surface area contributed by atoms with E-state index in [9.17, 15) is 4.79 Å². The number of anilines is 1. The molecule has 0 saturated carbocycles. The maximum Gasteiger partial charge on any atom is 0.271 e. The molecule has 1 aromatic carbocycles. The molecule has 1 amide bonds. The number of thiocarbonyl (C=S) groups is 1. The lowest BCUT2D eigenvalue weighted by atomic mass is 10.1. The van der Waals surface area contributed by atoms with Crippen molar-refractivity contribution in [3.63, 3.8) is 0 Å². The van der Waals surface area contributed by atoms with Crippen LogP contribution in [0.1, 0.15) is 10.4 Å². The van der Waals surface area contributed by atoms with E-state index in [1.165, 1.54) is 12.6 Å². The van der Waals surface area contributed by atoms with Crippen LogP contribution in [-0.4, -0.2) is 18.5 Å². The second-order valence-electron chi connectivity index (χ2n) is 2.62. The van der Waals surface area contributed by atoms with Crippen molar-refractivity contribution in [2.75, 3.05) is 12.4 Å². The predicted octanol–water partition coefficient (Wildman–Crippen LogP) is 0.668. The number of hydrazine groups is 1. The third kappa shape index (κ3) is 2.42. The summed E-state index contributed by atoms with van der Waals surface area (Å²) in [5.41, 5.74) is 4.23. The molecule has 0 atom stereocenters. The van der Waals surface area contributed by atoms with Crippen molar-refractivity contribution in [3.05, 3.63) is 23.8 Å². The van der Waals surface area contributed by atoms with E-state index in [2.05, 4.69) is 17.5 Å². The number of hydrogen-bond donors (Lipinski definition) is 3. The molecule has 15 heavy (non-hydrogen) atoms. The Morgan fingerprint density at radius 3 is 2.87 bits per heavy atom. The van der Waals surface area contributed by atoms with E-state index in [0.29, 0.717) is 17.0 Å². The largest absolute Gasteiger partial charge is 0.496 e. The quantitative estimate of drug-likeness (QED) is 0.304. The van der Waals surface area contributed by atoms with Crippen LogP contribution in [0.4, 0.5) is 5.69 Å². The van der Waals surface area contributed by atoms with Crippen molar-refractivity contribution in [2.45, 2.75) is 0 Å². The lowest BCUT2D eigenvalue weighted by molar-refractivity contribution is 0.0951. The molecule has 0 heterocycles. The Balaban J connectivity index is 3.25. The summed E-state index contributed by atoms with van der Waals surface area (Å²) in [6, 6.07) is 5.11. The molecule has 0 aromatic heterocycles. The summed E-state index contributed by atoms with van der Waals surface area (Å²) in [7, 11) is 1.48. The van der Waals surface area contributed by atoms with E-state index in [-0.39, 0.29) is 0 Å². The van der Waals surface area contributed by atoms with E-state index in [4.69, 9.17) is 10.6 Å². The first-order valence-corrected chi connectivity index (χ1v) is 4.59. The highest BCUT2D eigenvalue weighted by Gasteiger charge is 2.15. The minimum absolute atomic E-state index is 0.323. The Morgan fingerprint density at radius 1 is 1.60 bits per heavy atom. The molecule has 0 bridgehead atoms. The van der Waals surface area contributed by atoms with Crippen LogP contribution in [-0.2, 0) is 0 Å². The fourth-order valence-electron chi connectivity index (χ4n) is 1.19. The molecule has 0 spiro atoms. The van der Waals surface area contributed by atoms with E-state index in [0.717, 1.165) is 0 Å². The van der Waals surface area contributed by atoms with Crippen molar-refractivity contribution >= 4 is 29.3 Å². The van der Waals surface area contributed by atoms with Crippen LogP contribution in [0.25, 0.3) is 0 Å². The fourth-order valence-corrected chi connectivity index (χ4v) is 1.32. The predicted molar refractivity (Wildman–Crippen MR) is 61.9 cm³/mol. The molecule has 4 N–H and O–H groups in total. The smallest absolute Gasteiger partial charge is 0.271 e. The molecule has 80 valence electrons. The van der Waals surface area contributed by atoms with Crippen LogP contribution in [0.5, 0.6) is 5.75 Å². The van der Waals surface area contributed by atoms with Gasteiger partial charge < -0.3 is 10.1 Å². The summed E-state index contributed by atoms with van der Waals surface area (Å²) in [5.74, 6) is 5.07. The zero-order valence-corrected chi connectivity index (χ0v) is 8.93. The van der Waals surface area contributed by atoms with Gasteiger partial charge in [0.05, 0.1) is 18.3 Å². The SMILES string of the molecule is COc1cccc(NC=S)c1C(=O)NN. The fraction of sp³-hybridized carbons (Fsp3) is 0.111. The number of ether oxygens (including phenoxy) is 1. The Hall–Kier alpha value is -1.66. The number of nitrogens with one attached hydrogen (secondary N) is 2. The molecule has 0 aliphatic heterocycles. The summed E-state index contributed by atoms with van der Waals surface area (Å²) < 4.78 is 5.05. The van der Waals surface area contributed by atoms with Crippen LogP contribution < -0.4 is 21.3 Å². The first-order chi connectivity index (χ1) is 7.24. The molecule has 0 saturated heterocycles. The topological polar surface area (TPSA) is 76.4 Å². The van der Waals surface area contributed by atoms with E-state index >= 15 is 0 Å². The summed E-state index contributed by atoms with van der Waals surface area (Å²) in [6.07, 6.45) is 0. The number of nitrogen functional groups attached to an aromatic ring is 1. The summed E-state index contributed by atoms with van der Waals surface area (Å²) >= 11 is 4.66. The normalized spacial score (nSPS) is 9.20. The first kappa shape index (κ1) is 11.4. The second-order valence-corrected chi connectivity index (χ2v) is 2.85. The number of carbonyl (C=O) groups excluding carboxylic acids is 1. The zero-order valence-electron chi connectivity index (χ0n) is 8.11. The summed E-state index contributed by atoms with van der Waals surface area (Å²) in [5, 5.41) is 2.76. The van der Waals surface area contributed by atoms with Gasteiger partial charge in [0.25, 0.3) is 5.91 Å². The van der Waals surface area contributed by atoms with Gasteiger partial charge in [0.15, 0.2) is 0 Å². The lowest BCUT2D eigenvalue weighted by Crippen LogP contribution is -2.31. The van der Waals surface area contributed by atoms with Crippen LogP contribution >= 0.6 is 12.2 Å². The maximum atomic E-state index is 11.5. The zero-order chi connectivity index (χ0) is 11.3. The molecule has 1 rings (SSSR count). The summed E-state index contributed by atoms with van der Waals surface area (Å²) in [4.78, 5) is 11.5. The molecule has 5 nitrogen and oxygen atoms in total. The number of carbonyl (C=O) groups is 1. The Labute approximate surface area is 92.6 Å². The van der Waals surface area contributed by atoms with Crippen molar-refractivity contribution in [1.29, 1.82) is 0 Å². The van der Waals surface area contributed by atoms with Gasteiger partial charge in [0.1, 0.15) is 11.3 Å². The van der Waals surface area contributed by atoms with Gasteiger partial charge in [-0.05, 0) is 12.1 Å². The number of methoxy groups -OCH3 is 1. The second kappa shape index (κ2) is 5.28. The Morgan fingerprint density at radius 2 is 2.33 bits per heavy atom. The molecular weight excluding hydrogens is 214 g/mol. The van der Waals surface area contributed by atoms with Crippen molar-refractivity contribution in [1.82, 2.24) is 5.43 Å². The third-order valence-electron chi connectivity index (χ3n) is 1.82. The molecule has 0 fully saturated rings. The number of benzene rings is 1. The molecule has 0 aliphatic rings. The number of amides is 1. The van der Waals surface area contributed by atoms with Gasteiger partial charge in [-0.3, -0.25) is 10.2 Å². The third-order valence-corrected chi connectivity index (χ3v) is 1.94. The molecule has 0 aliphatic carbocycles. The lowest BCUT2D eigenvalue weighted by Gasteiger charge is -2.11.